The van der Waals surface area contributed by atoms with E-state index >= 15 is 0 Å². The molecule has 0 saturated carbocycles. The molecule has 0 saturated heterocycles. The van der Waals surface area contributed by atoms with Crippen molar-refractivity contribution in [3.05, 3.63) is 34.6 Å². The lowest BCUT2D eigenvalue weighted by Gasteiger charge is -2.06. The van der Waals surface area contributed by atoms with E-state index in [9.17, 15) is 17.6 Å². The van der Waals surface area contributed by atoms with E-state index in [1.165, 1.54) is 12.1 Å². The van der Waals surface area contributed by atoms with Crippen LogP contribution in [0.1, 0.15) is 16.8 Å². The summed E-state index contributed by atoms with van der Waals surface area (Å²) in [5.74, 6) is -1.30. The van der Waals surface area contributed by atoms with E-state index in [1.807, 2.05) is 0 Å². The first-order chi connectivity index (χ1) is 8.29. The van der Waals surface area contributed by atoms with Crippen molar-refractivity contribution in [3.8, 4) is 0 Å². The smallest absolute Gasteiger partial charge is 0.254 e. The highest BCUT2D eigenvalue weighted by Gasteiger charge is 2.12. The molecular formula is C11H13ClFNO3S. The monoisotopic (exact) mass is 293 g/mol. The van der Waals surface area contributed by atoms with Gasteiger partial charge in [0.05, 0.1) is 11.3 Å². The third-order valence-electron chi connectivity index (χ3n) is 2.15. The summed E-state index contributed by atoms with van der Waals surface area (Å²) in [6, 6.07) is 3.67. The zero-order valence-corrected chi connectivity index (χ0v) is 11.3. The topological polar surface area (TPSA) is 63.2 Å². The molecule has 1 aromatic rings. The van der Waals surface area contributed by atoms with Gasteiger partial charge in [-0.25, -0.2) is 12.8 Å². The molecule has 0 bridgehead atoms. The van der Waals surface area contributed by atoms with Crippen molar-refractivity contribution < 1.29 is 17.6 Å². The number of benzene rings is 1. The second-order valence-electron chi connectivity index (χ2n) is 3.86. The van der Waals surface area contributed by atoms with Crippen LogP contribution in [-0.2, 0) is 9.84 Å². The van der Waals surface area contributed by atoms with Gasteiger partial charge in [-0.3, -0.25) is 4.79 Å². The van der Waals surface area contributed by atoms with Crippen molar-refractivity contribution in [1.29, 1.82) is 0 Å². The van der Waals surface area contributed by atoms with E-state index in [1.54, 1.807) is 0 Å². The van der Waals surface area contributed by atoms with Gasteiger partial charge in [0.25, 0.3) is 5.91 Å². The highest BCUT2D eigenvalue weighted by Crippen LogP contribution is 2.14. The van der Waals surface area contributed by atoms with Crippen LogP contribution >= 0.6 is 11.6 Å². The molecule has 0 heterocycles. The molecule has 0 aromatic heterocycles. The highest BCUT2D eigenvalue weighted by molar-refractivity contribution is 7.90. The first kappa shape index (κ1) is 14.9. The van der Waals surface area contributed by atoms with Crippen LogP contribution in [-0.4, -0.2) is 32.9 Å². The molecule has 0 aliphatic heterocycles. The van der Waals surface area contributed by atoms with Gasteiger partial charge in [0.2, 0.25) is 0 Å². The Balaban J connectivity index is 2.53. The number of hydrogen-bond acceptors (Lipinski definition) is 3. The van der Waals surface area contributed by atoms with E-state index < -0.39 is 21.6 Å². The number of hydrogen-bond donors (Lipinski definition) is 1. The molecule has 1 rings (SSSR count). The van der Waals surface area contributed by atoms with Crippen LogP contribution in [0.15, 0.2) is 18.2 Å². The standard InChI is InChI=1S/C11H13ClFNO3S/c1-18(16,17)6-2-5-14-11(15)9-7-8(12)3-4-10(9)13/h3-4,7H,2,5-6H2,1H3,(H,14,15). The van der Waals surface area contributed by atoms with Gasteiger partial charge in [0, 0.05) is 17.8 Å². The zero-order valence-electron chi connectivity index (χ0n) is 9.74. The SMILES string of the molecule is CS(=O)(=O)CCCNC(=O)c1cc(Cl)ccc1F. The van der Waals surface area contributed by atoms with Crippen molar-refractivity contribution in [2.24, 2.45) is 0 Å². The van der Waals surface area contributed by atoms with Crippen molar-refractivity contribution in [2.45, 2.75) is 6.42 Å². The van der Waals surface area contributed by atoms with Crippen LogP contribution in [0.2, 0.25) is 5.02 Å². The largest absolute Gasteiger partial charge is 0.352 e. The molecule has 0 aliphatic carbocycles. The minimum atomic E-state index is -3.05. The fraction of sp³-hybridized carbons (Fsp3) is 0.364. The highest BCUT2D eigenvalue weighted by atomic mass is 35.5. The van der Waals surface area contributed by atoms with E-state index in [2.05, 4.69) is 5.32 Å². The summed E-state index contributed by atoms with van der Waals surface area (Å²) < 4.78 is 35.0. The predicted molar refractivity (Wildman–Crippen MR) is 68.1 cm³/mol. The van der Waals surface area contributed by atoms with Gasteiger partial charge in [-0.1, -0.05) is 11.6 Å². The van der Waals surface area contributed by atoms with Crippen molar-refractivity contribution in [1.82, 2.24) is 5.32 Å². The van der Waals surface area contributed by atoms with Crippen LogP contribution in [0.3, 0.4) is 0 Å². The van der Waals surface area contributed by atoms with E-state index in [-0.39, 0.29) is 29.3 Å². The average Bonchev–Trinajstić information content (AvgIpc) is 2.26. The molecule has 0 unspecified atom stereocenters. The Kier molecular flexibility index (Phi) is 5.10. The molecule has 18 heavy (non-hydrogen) atoms. The average molecular weight is 294 g/mol. The molecule has 0 radical (unpaired) electrons. The fourth-order valence-electron chi connectivity index (χ4n) is 1.30. The summed E-state index contributed by atoms with van der Waals surface area (Å²) in [7, 11) is -3.05. The van der Waals surface area contributed by atoms with Gasteiger partial charge in [0.15, 0.2) is 0 Å². The first-order valence-electron chi connectivity index (χ1n) is 5.20. The van der Waals surface area contributed by atoms with Gasteiger partial charge >= 0.3 is 0 Å². The molecule has 1 aromatic carbocycles. The Bertz CT molecular complexity index is 545. The molecule has 0 atom stereocenters. The maximum absolute atomic E-state index is 13.3. The molecule has 7 heteroatoms. The number of rotatable bonds is 5. The number of nitrogens with one attached hydrogen (secondary N) is 1. The molecule has 1 amide bonds. The molecule has 4 nitrogen and oxygen atoms in total. The van der Waals surface area contributed by atoms with Crippen LogP contribution in [0.25, 0.3) is 0 Å². The number of carbonyl (C=O) groups is 1. The number of sulfone groups is 1. The van der Waals surface area contributed by atoms with Crippen LogP contribution in [0, 0.1) is 5.82 Å². The number of halogens is 2. The third-order valence-corrected chi connectivity index (χ3v) is 3.42. The van der Waals surface area contributed by atoms with Gasteiger partial charge < -0.3 is 5.32 Å². The Hall–Kier alpha value is -1.14. The number of amides is 1. The second-order valence-corrected chi connectivity index (χ2v) is 6.56. The fourth-order valence-corrected chi connectivity index (χ4v) is 2.14. The van der Waals surface area contributed by atoms with E-state index in [4.69, 9.17) is 11.6 Å². The van der Waals surface area contributed by atoms with Crippen LogP contribution < -0.4 is 5.32 Å². The normalized spacial score (nSPS) is 11.3. The summed E-state index contributed by atoms with van der Waals surface area (Å²) in [6.45, 7) is 0.165. The molecule has 100 valence electrons. The Morgan fingerprint density at radius 3 is 2.72 bits per heavy atom. The summed E-state index contributed by atoms with van der Waals surface area (Å²) in [6.07, 6.45) is 1.40. The summed E-state index contributed by atoms with van der Waals surface area (Å²) in [5, 5.41) is 2.70. The third kappa shape index (κ3) is 5.01. The van der Waals surface area contributed by atoms with Crippen molar-refractivity contribution >= 4 is 27.3 Å². The van der Waals surface area contributed by atoms with Gasteiger partial charge in [0.1, 0.15) is 15.7 Å². The van der Waals surface area contributed by atoms with Crippen molar-refractivity contribution in [2.75, 3.05) is 18.6 Å². The summed E-state index contributed by atoms with van der Waals surface area (Å²) in [4.78, 5) is 11.6. The minimum Gasteiger partial charge on any atom is -0.352 e. The summed E-state index contributed by atoms with van der Waals surface area (Å²) >= 11 is 5.66. The van der Waals surface area contributed by atoms with E-state index in [0.29, 0.717) is 0 Å². The predicted octanol–water partition coefficient (Wildman–Crippen LogP) is 1.64. The molecule has 0 aliphatic rings. The lowest BCUT2D eigenvalue weighted by Crippen LogP contribution is -2.26. The summed E-state index contributed by atoms with van der Waals surface area (Å²) in [5.41, 5.74) is -0.151. The molecular weight excluding hydrogens is 281 g/mol. The molecule has 0 spiro atoms. The second kappa shape index (κ2) is 6.15. The first-order valence-corrected chi connectivity index (χ1v) is 7.64. The quantitative estimate of drug-likeness (QED) is 0.840. The maximum atomic E-state index is 13.3. The Morgan fingerprint density at radius 1 is 1.44 bits per heavy atom. The van der Waals surface area contributed by atoms with Crippen LogP contribution in [0.5, 0.6) is 0 Å². The lowest BCUT2D eigenvalue weighted by molar-refractivity contribution is 0.0949. The zero-order chi connectivity index (χ0) is 13.8. The molecule has 1 N–H and O–H groups in total. The lowest BCUT2D eigenvalue weighted by atomic mass is 10.2. The molecule has 0 fully saturated rings. The van der Waals surface area contributed by atoms with Crippen molar-refractivity contribution in [3.63, 3.8) is 0 Å². The number of carbonyl (C=O) groups excluding carboxylic acids is 1. The minimum absolute atomic E-state index is 0.0225. The van der Waals surface area contributed by atoms with Crippen LogP contribution in [0.4, 0.5) is 4.39 Å². The maximum Gasteiger partial charge on any atom is 0.254 e. The van der Waals surface area contributed by atoms with Gasteiger partial charge in [-0.15, -0.1) is 0 Å². The van der Waals surface area contributed by atoms with Gasteiger partial charge in [-0.05, 0) is 24.6 Å². The van der Waals surface area contributed by atoms with Gasteiger partial charge in [-0.2, -0.15) is 0 Å². The van der Waals surface area contributed by atoms with E-state index in [0.717, 1.165) is 12.3 Å². The Labute approximate surface area is 110 Å². The Morgan fingerprint density at radius 2 is 2.11 bits per heavy atom.